The number of carbonyl (C=O) groups excluding carboxylic acids is 1. The molecule has 0 atom stereocenters. The van der Waals surface area contributed by atoms with Crippen LogP contribution in [0.25, 0.3) is 0 Å². The molecule has 0 bridgehead atoms. The van der Waals surface area contributed by atoms with E-state index in [2.05, 4.69) is 10.1 Å². The molecule has 0 spiro atoms. The van der Waals surface area contributed by atoms with E-state index in [9.17, 15) is 4.79 Å². The van der Waals surface area contributed by atoms with Gasteiger partial charge < -0.3 is 9.42 Å². The number of likely N-dealkylation sites (N-methyl/N-ethyl adjacent to an activating group) is 1. The van der Waals surface area contributed by atoms with Crippen LogP contribution < -0.4 is 0 Å². The summed E-state index contributed by atoms with van der Waals surface area (Å²) in [6, 6.07) is 9.81. The zero-order valence-electron chi connectivity index (χ0n) is 14.3. The van der Waals surface area contributed by atoms with Gasteiger partial charge in [0.05, 0.1) is 6.42 Å². The van der Waals surface area contributed by atoms with Crippen LogP contribution in [0.2, 0.25) is 0 Å². The normalized spacial score (nSPS) is 15.4. The first-order valence-electron chi connectivity index (χ1n) is 8.83. The first kappa shape index (κ1) is 16.7. The highest BCUT2D eigenvalue weighted by atomic mass is 16.5. The Bertz CT molecular complexity index is 648. The highest BCUT2D eigenvalue weighted by Gasteiger charge is 2.21. The number of aromatic nitrogens is 2. The Kier molecular flexibility index (Phi) is 5.62. The second-order valence-corrected chi connectivity index (χ2v) is 6.61. The van der Waals surface area contributed by atoms with Crippen molar-refractivity contribution in [1.82, 2.24) is 15.0 Å². The number of nitrogens with zero attached hydrogens (tertiary/aromatic N) is 3. The maximum absolute atomic E-state index is 12.2. The third kappa shape index (κ3) is 4.43. The second-order valence-electron chi connectivity index (χ2n) is 6.61. The first-order chi connectivity index (χ1) is 11.7. The van der Waals surface area contributed by atoms with Crippen molar-refractivity contribution in [1.29, 1.82) is 0 Å². The van der Waals surface area contributed by atoms with Crippen molar-refractivity contribution in [3.8, 4) is 0 Å². The predicted octanol–water partition coefficient (Wildman–Crippen LogP) is 3.36. The maximum atomic E-state index is 12.2. The molecule has 128 valence electrons. The van der Waals surface area contributed by atoms with Gasteiger partial charge in [0.15, 0.2) is 5.82 Å². The molecule has 0 radical (unpaired) electrons. The fraction of sp³-hybridized carbons (Fsp3) is 0.526. The van der Waals surface area contributed by atoms with E-state index in [0.29, 0.717) is 31.1 Å². The molecule has 0 aliphatic heterocycles. The molecule has 5 nitrogen and oxygen atoms in total. The highest BCUT2D eigenvalue weighted by molar-refractivity contribution is 5.78. The summed E-state index contributed by atoms with van der Waals surface area (Å²) in [5.41, 5.74) is 1.04. The summed E-state index contributed by atoms with van der Waals surface area (Å²) in [7, 11) is 1.83. The molecule has 0 saturated heterocycles. The standard InChI is InChI=1S/C19H25N3O2/c1-22(18(23)14-15-8-4-2-5-9-15)13-12-17-20-19(24-21-17)16-10-6-3-7-11-16/h2,4-5,8-9,16H,3,6-7,10-14H2,1H3. The lowest BCUT2D eigenvalue weighted by molar-refractivity contribution is -0.129. The Morgan fingerprint density at radius 2 is 1.96 bits per heavy atom. The molecule has 0 N–H and O–H groups in total. The van der Waals surface area contributed by atoms with Gasteiger partial charge >= 0.3 is 0 Å². The van der Waals surface area contributed by atoms with Gasteiger partial charge in [0.1, 0.15) is 0 Å². The fourth-order valence-corrected chi connectivity index (χ4v) is 3.18. The van der Waals surface area contributed by atoms with Gasteiger partial charge in [-0.15, -0.1) is 0 Å². The van der Waals surface area contributed by atoms with E-state index in [0.717, 1.165) is 24.3 Å². The number of hydrogen-bond donors (Lipinski definition) is 0. The summed E-state index contributed by atoms with van der Waals surface area (Å²) in [4.78, 5) is 18.5. The molecule has 1 aliphatic carbocycles. The predicted molar refractivity (Wildman–Crippen MR) is 91.6 cm³/mol. The second kappa shape index (κ2) is 8.08. The molecular weight excluding hydrogens is 302 g/mol. The Morgan fingerprint density at radius 1 is 1.21 bits per heavy atom. The zero-order chi connectivity index (χ0) is 16.8. The maximum Gasteiger partial charge on any atom is 0.229 e. The topological polar surface area (TPSA) is 59.2 Å². The Hall–Kier alpha value is -2.17. The molecule has 1 saturated carbocycles. The molecule has 5 heteroatoms. The molecule has 1 aromatic carbocycles. The van der Waals surface area contributed by atoms with Gasteiger partial charge in [-0.1, -0.05) is 54.8 Å². The molecule has 1 aliphatic rings. The molecule has 1 amide bonds. The van der Waals surface area contributed by atoms with E-state index in [1.54, 1.807) is 4.90 Å². The van der Waals surface area contributed by atoms with Gasteiger partial charge in [0.2, 0.25) is 11.8 Å². The van der Waals surface area contributed by atoms with Crippen molar-refractivity contribution in [2.75, 3.05) is 13.6 Å². The van der Waals surface area contributed by atoms with E-state index in [1.165, 1.54) is 19.3 Å². The number of hydrogen-bond acceptors (Lipinski definition) is 4. The van der Waals surface area contributed by atoms with E-state index < -0.39 is 0 Å². The van der Waals surface area contributed by atoms with Crippen LogP contribution >= 0.6 is 0 Å². The molecule has 1 fully saturated rings. The van der Waals surface area contributed by atoms with Crippen LogP contribution in [-0.4, -0.2) is 34.5 Å². The first-order valence-corrected chi connectivity index (χ1v) is 8.83. The van der Waals surface area contributed by atoms with Crippen molar-refractivity contribution in [2.24, 2.45) is 0 Å². The van der Waals surface area contributed by atoms with Crippen LogP contribution in [0.1, 0.15) is 55.3 Å². The summed E-state index contributed by atoms with van der Waals surface area (Å²) in [5.74, 6) is 2.02. The molecule has 2 aromatic rings. The Morgan fingerprint density at radius 3 is 2.71 bits per heavy atom. The number of rotatable bonds is 6. The molecule has 1 heterocycles. The third-order valence-corrected chi connectivity index (χ3v) is 4.73. The number of amides is 1. The highest BCUT2D eigenvalue weighted by Crippen LogP contribution is 2.31. The van der Waals surface area contributed by atoms with Crippen molar-refractivity contribution in [3.63, 3.8) is 0 Å². The monoisotopic (exact) mass is 327 g/mol. The lowest BCUT2D eigenvalue weighted by Crippen LogP contribution is -2.30. The molecule has 3 rings (SSSR count). The van der Waals surface area contributed by atoms with Gasteiger partial charge in [-0.3, -0.25) is 4.79 Å². The average Bonchev–Trinajstić information content (AvgIpc) is 3.10. The van der Waals surface area contributed by atoms with Gasteiger partial charge in [0.25, 0.3) is 0 Å². The minimum atomic E-state index is 0.109. The van der Waals surface area contributed by atoms with Gasteiger partial charge in [-0.2, -0.15) is 4.98 Å². The van der Waals surface area contributed by atoms with E-state index >= 15 is 0 Å². The van der Waals surface area contributed by atoms with Crippen LogP contribution in [0.15, 0.2) is 34.9 Å². The van der Waals surface area contributed by atoms with Crippen LogP contribution in [0.4, 0.5) is 0 Å². The van der Waals surface area contributed by atoms with Crippen molar-refractivity contribution in [3.05, 3.63) is 47.6 Å². The molecule has 24 heavy (non-hydrogen) atoms. The summed E-state index contributed by atoms with van der Waals surface area (Å²) >= 11 is 0. The smallest absolute Gasteiger partial charge is 0.229 e. The van der Waals surface area contributed by atoms with E-state index in [1.807, 2.05) is 37.4 Å². The van der Waals surface area contributed by atoms with Crippen LogP contribution in [-0.2, 0) is 17.6 Å². The van der Waals surface area contributed by atoms with E-state index in [4.69, 9.17) is 4.52 Å². The molecular formula is C19H25N3O2. The Labute approximate surface area is 143 Å². The van der Waals surface area contributed by atoms with Crippen molar-refractivity contribution in [2.45, 2.75) is 50.9 Å². The zero-order valence-corrected chi connectivity index (χ0v) is 14.3. The fourth-order valence-electron chi connectivity index (χ4n) is 3.18. The van der Waals surface area contributed by atoms with Crippen LogP contribution in [0, 0.1) is 0 Å². The van der Waals surface area contributed by atoms with Crippen molar-refractivity contribution < 1.29 is 9.32 Å². The summed E-state index contributed by atoms with van der Waals surface area (Å²) in [5, 5.41) is 4.08. The lowest BCUT2D eigenvalue weighted by Gasteiger charge is -2.17. The number of benzene rings is 1. The third-order valence-electron chi connectivity index (χ3n) is 4.73. The number of carbonyl (C=O) groups is 1. The SMILES string of the molecule is CN(CCc1noc(C2CCCCC2)n1)C(=O)Cc1ccccc1. The largest absolute Gasteiger partial charge is 0.345 e. The average molecular weight is 327 g/mol. The minimum Gasteiger partial charge on any atom is -0.345 e. The lowest BCUT2D eigenvalue weighted by atomic mass is 9.89. The van der Waals surface area contributed by atoms with E-state index in [-0.39, 0.29) is 5.91 Å². The molecule has 1 aromatic heterocycles. The van der Waals surface area contributed by atoms with Crippen molar-refractivity contribution >= 4 is 5.91 Å². The summed E-state index contributed by atoms with van der Waals surface area (Å²) in [6.45, 7) is 0.606. The van der Waals surface area contributed by atoms with Gasteiger partial charge in [-0.25, -0.2) is 0 Å². The van der Waals surface area contributed by atoms with Crippen LogP contribution in [0.5, 0.6) is 0 Å². The van der Waals surface area contributed by atoms with Gasteiger partial charge in [0, 0.05) is 25.9 Å². The minimum absolute atomic E-state index is 0.109. The Balaban J connectivity index is 1.48. The quantitative estimate of drug-likeness (QED) is 0.816. The van der Waals surface area contributed by atoms with Gasteiger partial charge in [-0.05, 0) is 18.4 Å². The summed E-state index contributed by atoms with van der Waals surface area (Å²) in [6.07, 6.45) is 7.17. The molecule has 0 unspecified atom stereocenters. The van der Waals surface area contributed by atoms with Crippen LogP contribution in [0.3, 0.4) is 0 Å². The summed E-state index contributed by atoms with van der Waals surface area (Å²) < 4.78 is 5.43.